The van der Waals surface area contributed by atoms with Gasteiger partial charge in [0.1, 0.15) is 4.83 Å². The second kappa shape index (κ2) is 9.47. The monoisotopic (exact) mass is 477 g/mol. The highest BCUT2D eigenvalue weighted by Gasteiger charge is 2.29. The molecule has 0 spiro atoms. The van der Waals surface area contributed by atoms with Crippen molar-refractivity contribution in [1.82, 2.24) is 14.9 Å². The van der Waals surface area contributed by atoms with Crippen molar-refractivity contribution in [3.8, 4) is 0 Å². The first-order chi connectivity index (χ1) is 15.2. The zero-order valence-electron chi connectivity index (χ0n) is 19.8. The van der Waals surface area contributed by atoms with Gasteiger partial charge in [-0.1, -0.05) is 25.6 Å². The average Bonchev–Trinajstić information content (AvgIpc) is 3.37. The molecule has 1 amide bonds. The van der Waals surface area contributed by atoms with E-state index in [1.165, 1.54) is 22.2 Å². The number of nitrogens with zero attached hydrogens (tertiary/aromatic N) is 2. The molecule has 2 aliphatic rings. The molecule has 8 heteroatoms. The predicted octanol–water partition coefficient (Wildman–Crippen LogP) is 4.55. The summed E-state index contributed by atoms with van der Waals surface area (Å²) in [6.07, 6.45) is 5.94. The fourth-order valence-electron chi connectivity index (χ4n) is 4.38. The van der Waals surface area contributed by atoms with Gasteiger partial charge in [0, 0.05) is 17.0 Å². The fraction of sp³-hybridized carbons (Fsp3) is 0.708. The molecule has 1 aliphatic carbocycles. The van der Waals surface area contributed by atoms with Crippen molar-refractivity contribution in [3.63, 3.8) is 0 Å². The minimum absolute atomic E-state index is 0.0286. The molecule has 176 valence electrons. The summed E-state index contributed by atoms with van der Waals surface area (Å²) >= 11 is 3.04. The van der Waals surface area contributed by atoms with E-state index in [1.807, 2.05) is 20.8 Å². The summed E-state index contributed by atoms with van der Waals surface area (Å²) in [5.74, 6) is 0.614. The molecule has 2 aromatic heterocycles. The largest absolute Gasteiger partial charge is 0.376 e. The van der Waals surface area contributed by atoms with Gasteiger partial charge in [0.25, 0.3) is 5.56 Å². The van der Waals surface area contributed by atoms with Gasteiger partial charge < -0.3 is 10.1 Å². The van der Waals surface area contributed by atoms with E-state index in [4.69, 9.17) is 9.72 Å². The Hall–Kier alpha value is -1.38. The van der Waals surface area contributed by atoms with Crippen molar-refractivity contribution in [3.05, 3.63) is 20.8 Å². The lowest BCUT2D eigenvalue weighted by Gasteiger charge is -2.26. The van der Waals surface area contributed by atoms with Gasteiger partial charge in [-0.15, -0.1) is 11.3 Å². The predicted molar refractivity (Wildman–Crippen MR) is 132 cm³/mol. The highest BCUT2D eigenvalue weighted by molar-refractivity contribution is 8.00. The van der Waals surface area contributed by atoms with Crippen LogP contribution in [0.25, 0.3) is 10.2 Å². The zero-order chi connectivity index (χ0) is 23.0. The van der Waals surface area contributed by atoms with Crippen LogP contribution in [-0.2, 0) is 28.9 Å². The van der Waals surface area contributed by atoms with Gasteiger partial charge in [0.05, 0.1) is 23.3 Å². The minimum atomic E-state index is -0.351. The first-order valence-electron chi connectivity index (χ1n) is 11.8. The average molecular weight is 478 g/mol. The van der Waals surface area contributed by atoms with E-state index >= 15 is 0 Å². The van der Waals surface area contributed by atoms with E-state index in [1.54, 1.807) is 15.9 Å². The van der Waals surface area contributed by atoms with Crippen LogP contribution in [0.4, 0.5) is 0 Å². The van der Waals surface area contributed by atoms with E-state index in [0.29, 0.717) is 17.6 Å². The van der Waals surface area contributed by atoms with Crippen molar-refractivity contribution in [2.45, 2.75) is 102 Å². The van der Waals surface area contributed by atoms with Crippen LogP contribution in [0, 0.1) is 5.92 Å². The Labute approximate surface area is 198 Å². The summed E-state index contributed by atoms with van der Waals surface area (Å²) in [5.41, 5.74) is 0.972. The number of carbonyl (C=O) groups is 1. The van der Waals surface area contributed by atoms with Crippen LogP contribution in [0.3, 0.4) is 0 Å². The number of thioether (sulfide) groups is 1. The van der Waals surface area contributed by atoms with Crippen molar-refractivity contribution >= 4 is 39.2 Å². The molecule has 6 nitrogen and oxygen atoms in total. The number of amides is 1. The SMILES string of the molecule is CCC(C)(C)NC(=O)C(C)Sc1nc2sc3c(c2c(=O)n1CC1CCCO1)CCC(C)C3. The third kappa shape index (κ3) is 4.92. The number of thiophene rings is 1. The molecule has 0 aromatic carbocycles. The van der Waals surface area contributed by atoms with E-state index in [0.717, 1.165) is 55.3 Å². The van der Waals surface area contributed by atoms with E-state index in [2.05, 4.69) is 19.2 Å². The lowest BCUT2D eigenvalue weighted by Crippen LogP contribution is -2.46. The molecule has 3 atom stereocenters. The Balaban J connectivity index is 1.71. The third-order valence-electron chi connectivity index (χ3n) is 6.79. The zero-order valence-corrected chi connectivity index (χ0v) is 21.5. The van der Waals surface area contributed by atoms with E-state index in [-0.39, 0.29) is 28.4 Å². The van der Waals surface area contributed by atoms with Crippen LogP contribution in [-0.4, -0.2) is 39.0 Å². The molecule has 1 saturated heterocycles. The Morgan fingerprint density at radius 3 is 2.88 bits per heavy atom. The molecule has 0 bridgehead atoms. The maximum atomic E-state index is 13.7. The Morgan fingerprint density at radius 1 is 1.41 bits per heavy atom. The first-order valence-corrected chi connectivity index (χ1v) is 13.5. The number of hydrogen-bond acceptors (Lipinski definition) is 6. The number of carbonyl (C=O) groups excluding carboxylic acids is 1. The molecule has 0 saturated carbocycles. The number of aromatic nitrogens is 2. The van der Waals surface area contributed by atoms with Crippen molar-refractivity contribution in [2.75, 3.05) is 6.61 Å². The second-order valence-electron chi connectivity index (χ2n) is 9.96. The topological polar surface area (TPSA) is 73.2 Å². The molecule has 3 unspecified atom stereocenters. The molecule has 3 heterocycles. The van der Waals surface area contributed by atoms with Gasteiger partial charge in [-0.25, -0.2) is 4.98 Å². The minimum Gasteiger partial charge on any atom is -0.376 e. The Bertz CT molecular complexity index is 1050. The van der Waals surface area contributed by atoms with E-state index < -0.39 is 0 Å². The number of hydrogen-bond donors (Lipinski definition) is 1. The fourth-order valence-corrected chi connectivity index (χ4v) is 6.72. The molecule has 32 heavy (non-hydrogen) atoms. The molecule has 4 rings (SSSR count). The number of nitrogens with one attached hydrogen (secondary N) is 1. The normalized spacial score (nSPS) is 22.2. The summed E-state index contributed by atoms with van der Waals surface area (Å²) in [6.45, 7) is 11.5. The maximum Gasteiger partial charge on any atom is 0.263 e. The van der Waals surface area contributed by atoms with Gasteiger partial charge in [0.2, 0.25) is 5.91 Å². The van der Waals surface area contributed by atoms with Crippen LogP contribution >= 0.6 is 23.1 Å². The molecular weight excluding hydrogens is 442 g/mol. The van der Waals surface area contributed by atoms with E-state index in [9.17, 15) is 9.59 Å². The number of ether oxygens (including phenoxy) is 1. The molecule has 1 aliphatic heterocycles. The van der Waals surface area contributed by atoms with Gasteiger partial charge in [-0.05, 0) is 70.8 Å². The van der Waals surface area contributed by atoms with Gasteiger partial charge >= 0.3 is 0 Å². The highest BCUT2D eigenvalue weighted by atomic mass is 32.2. The molecule has 1 fully saturated rings. The van der Waals surface area contributed by atoms with Crippen molar-refractivity contribution < 1.29 is 9.53 Å². The molecule has 1 N–H and O–H groups in total. The third-order valence-corrected chi connectivity index (χ3v) is 9.03. The quantitative estimate of drug-likeness (QED) is 0.468. The van der Waals surface area contributed by atoms with Crippen molar-refractivity contribution in [1.29, 1.82) is 0 Å². The summed E-state index contributed by atoms with van der Waals surface area (Å²) in [7, 11) is 0. The first kappa shape index (κ1) is 23.8. The molecular formula is C24H35N3O3S2. The number of fused-ring (bicyclic) bond motifs is 3. The second-order valence-corrected chi connectivity index (χ2v) is 12.4. The van der Waals surface area contributed by atoms with Crippen LogP contribution in [0.15, 0.2) is 9.95 Å². The van der Waals surface area contributed by atoms with Crippen LogP contribution < -0.4 is 10.9 Å². The summed E-state index contributed by atoms with van der Waals surface area (Å²) in [6, 6.07) is 0. The lowest BCUT2D eigenvalue weighted by atomic mass is 9.89. The highest BCUT2D eigenvalue weighted by Crippen LogP contribution is 2.37. The van der Waals surface area contributed by atoms with Crippen LogP contribution in [0.5, 0.6) is 0 Å². The Morgan fingerprint density at radius 2 is 2.19 bits per heavy atom. The summed E-state index contributed by atoms with van der Waals surface area (Å²) < 4.78 is 7.63. The lowest BCUT2D eigenvalue weighted by molar-refractivity contribution is -0.121. The standard InChI is InChI=1S/C24H35N3O3S2/c1-6-24(4,5)26-20(28)15(3)31-23-25-21-19(17-10-9-14(2)12-18(17)32-21)22(29)27(23)13-16-8-7-11-30-16/h14-16H,6-13H2,1-5H3,(H,26,28). The summed E-state index contributed by atoms with van der Waals surface area (Å²) in [5, 5.41) is 4.19. The Kier molecular flexibility index (Phi) is 7.03. The van der Waals surface area contributed by atoms with Gasteiger partial charge in [-0.3, -0.25) is 14.2 Å². The molecule has 0 radical (unpaired) electrons. The summed E-state index contributed by atoms with van der Waals surface area (Å²) in [4.78, 5) is 33.7. The smallest absolute Gasteiger partial charge is 0.263 e. The van der Waals surface area contributed by atoms with Gasteiger partial charge in [-0.2, -0.15) is 0 Å². The number of aryl methyl sites for hydroxylation is 1. The maximum absolute atomic E-state index is 13.7. The van der Waals surface area contributed by atoms with Crippen LogP contribution in [0.2, 0.25) is 0 Å². The molecule has 2 aromatic rings. The number of rotatable bonds is 7. The van der Waals surface area contributed by atoms with Crippen LogP contribution in [0.1, 0.15) is 70.7 Å². The van der Waals surface area contributed by atoms with Crippen molar-refractivity contribution in [2.24, 2.45) is 5.92 Å². The van der Waals surface area contributed by atoms with Gasteiger partial charge in [0.15, 0.2) is 5.16 Å².